The summed E-state index contributed by atoms with van der Waals surface area (Å²) in [6.07, 6.45) is 0. The lowest BCUT2D eigenvalue weighted by molar-refractivity contribution is 0.131. The number of hydrogen-bond acceptors (Lipinski definition) is 2. The summed E-state index contributed by atoms with van der Waals surface area (Å²) in [5.41, 5.74) is 1.40. The van der Waals surface area contributed by atoms with Crippen molar-refractivity contribution in [2.75, 3.05) is 13.1 Å². The Hall–Kier alpha value is -0.380. The molecule has 94 valence electrons. The van der Waals surface area contributed by atoms with Crippen LogP contribution >= 0.6 is 15.9 Å². The fourth-order valence-electron chi connectivity index (χ4n) is 2.64. The van der Waals surface area contributed by atoms with Crippen LogP contribution in [0, 0.1) is 0 Å². The number of nitrogens with one attached hydrogen (secondary N) is 1. The second-order valence-electron chi connectivity index (χ2n) is 5.15. The maximum atomic E-state index is 3.58. The first-order valence-electron chi connectivity index (χ1n) is 6.32. The van der Waals surface area contributed by atoms with Crippen molar-refractivity contribution in [2.24, 2.45) is 0 Å². The first kappa shape index (κ1) is 13.1. The molecule has 1 saturated heterocycles. The third-order valence-corrected chi connectivity index (χ3v) is 4.01. The highest BCUT2D eigenvalue weighted by Crippen LogP contribution is 2.23. The fraction of sp³-hybridized carbons (Fsp3) is 0.571. The maximum absolute atomic E-state index is 3.58. The van der Waals surface area contributed by atoms with E-state index in [-0.39, 0.29) is 0 Å². The molecule has 0 bridgehead atoms. The molecule has 1 aliphatic heterocycles. The largest absolute Gasteiger partial charge is 0.309 e. The highest BCUT2D eigenvalue weighted by atomic mass is 79.9. The van der Waals surface area contributed by atoms with E-state index in [2.05, 4.69) is 71.2 Å². The van der Waals surface area contributed by atoms with Crippen molar-refractivity contribution in [1.29, 1.82) is 0 Å². The van der Waals surface area contributed by atoms with Gasteiger partial charge in [-0.25, -0.2) is 0 Å². The van der Waals surface area contributed by atoms with Gasteiger partial charge in [0, 0.05) is 35.7 Å². The molecule has 0 saturated carbocycles. The number of halogens is 1. The zero-order chi connectivity index (χ0) is 12.4. The monoisotopic (exact) mass is 296 g/mol. The van der Waals surface area contributed by atoms with E-state index in [9.17, 15) is 0 Å². The summed E-state index contributed by atoms with van der Waals surface area (Å²) in [5.74, 6) is 0. The van der Waals surface area contributed by atoms with Crippen molar-refractivity contribution >= 4 is 15.9 Å². The van der Waals surface area contributed by atoms with Crippen LogP contribution in [-0.2, 0) is 0 Å². The smallest absolute Gasteiger partial charge is 0.0321 e. The zero-order valence-corrected chi connectivity index (χ0v) is 12.4. The van der Waals surface area contributed by atoms with Gasteiger partial charge in [-0.3, -0.25) is 4.90 Å². The van der Waals surface area contributed by atoms with Gasteiger partial charge in [-0.1, -0.05) is 28.1 Å². The SMILES string of the molecule is CC1CN(C(C)c2ccc(Br)cc2)CC(C)N1. The Balaban J connectivity index is 2.08. The van der Waals surface area contributed by atoms with E-state index in [1.165, 1.54) is 5.56 Å². The zero-order valence-electron chi connectivity index (χ0n) is 10.8. The van der Waals surface area contributed by atoms with Crippen molar-refractivity contribution in [1.82, 2.24) is 10.2 Å². The maximum Gasteiger partial charge on any atom is 0.0321 e. The van der Waals surface area contributed by atoms with Crippen LogP contribution in [0.5, 0.6) is 0 Å². The molecule has 1 aromatic rings. The third-order valence-electron chi connectivity index (χ3n) is 3.49. The van der Waals surface area contributed by atoms with Crippen molar-refractivity contribution in [2.45, 2.75) is 38.9 Å². The molecule has 17 heavy (non-hydrogen) atoms. The average Bonchev–Trinajstić information content (AvgIpc) is 2.28. The molecule has 0 radical (unpaired) electrons. The molecule has 0 aliphatic carbocycles. The Morgan fingerprint density at radius 1 is 1.18 bits per heavy atom. The molecule has 1 heterocycles. The van der Waals surface area contributed by atoms with Crippen LogP contribution in [0.3, 0.4) is 0 Å². The fourth-order valence-corrected chi connectivity index (χ4v) is 2.90. The molecule has 3 unspecified atom stereocenters. The molecule has 0 amide bonds. The molecule has 2 rings (SSSR count). The number of hydrogen-bond donors (Lipinski definition) is 1. The topological polar surface area (TPSA) is 15.3 Å². The second-order valence-corrected chi connectivity index (χ2v) is 6.07. The normalized spacial score (nSPS) is 28.0. The van der Waals surface area contributed by atoms with Crippen molar-refractivity contribution < 1.29 is 0 Å². The van der Waals surface area contributed by atoms with Crippen molar-refractivity contribution in [3.63, 3.8) is 0 Å². The third kappa shape index (κ3) is 3.30. The van der Waals surface area contributed by atoms with Gasteiger partial charge in [0.25, 0.3) is 0 Å². The quantitative estimate of drug-likeness (QED) is 0.902. The molecule has 3 heteroatoms. The molecular formula is C14H21BrN2. The van der Waals surface area contributed by atoms with Crippen LogP contribution in [0.15, 0.2) is 28.7 Å². The molecule has 1 aromatic carbocycles. The second kappa shape index (κ2) is 5.51. The summed E-state index contributed by atoms with van der Waals surface area (Å²) in [7, 11) is 0. The van der Waals surface area contributed by atoms with Gasteiger partial charge in [-0.15, -0.1) is 0 Å². The predicted octanol–water partition coefficient (Wildman–Crippen LogP) is 3.19. The molecule has 3 atom stereocenters. The van der Waals surface area contributed by atoms with Gasteiger partial charge in [0.1, 0.15) is 0 Å². The van der Waals surface area contributed by atoms with Gasteiger partial charge >= 0.3 is 0 Å². The van der Waals surface area contributed by atoms with Gasteiger partial charge in [-0.2, -0.15) is 0 Å². The lowest BCUT2D eigenvalue weighted by atomic mass is 10.0. The van der Waals surface area contributed by atoms with Crippen LogP contribution in [0.1, 0.15) is 32.4 Å². The average molecular weight is 297 g/mol. The van der Waals surface area contributed by atoms with Gasteiger partial charge in [0.05, 0.1) is 0 Å². The van der Waals surface area contributed by atoms with E-state index < -0.39 is 0 Å². The molecule has 0 spiro atoms. The summed E-state index contributed by atoms with van der Waals surface area (Å²) in [4.78, 5) is 2.56. The van der Waals surface area contributed by atoms with E-state index in [4.69, 9.17) is 0 Å². The minimum Gasteiger partial charge on any atom is -0.309 e. The van der Waals surface area contributed by atoms with Gasteiger partial charge in [-0.05, 0) is 38.5 Å². The standard InChI is InChI=1S/C14H21BrN2/c1-10-8-17(9-11(2)16-10)12(3)13-4-6-14(15)7-5-13/h4-7,10-12,16H,8-9H2,1-3H3. The summed E-state index contributed by atoms with van der Waals surface area (Å²) in [5, 5.41) is 3.58. The van der Waals surface area contributed by atoms with Gasteiger partial charge < -0.3 is 5.32 Å². The van der Waals surface area contributed by atoms with Crippen LogP contribution in [0.4, 0.5) is 0 Å². The van der Waals surface area contributed by atoms with Crippen molar-refractivity contribution in [3.05, 3.63) is 34.3 Å². The Morgan fingerprint density at radius 3 is 2.24 bits per heavy atom. The van der Waals surface area contributed by atoms with E-state index in [1.54, 1.807) is 0 Å². The molecule has 0 aromatic heterocycles. The van der Waals surface area contributed by atoms with E-state index in [0.29, 0.717) is 18.1 Å². The highest BCUT2D eigenvalue weighted by Gasteiger charge is 2.25. The number of nitrogens with zero attached hydrogens (tertiary/aromatic N) is 1. The van der Waals surface area contributed by atoms with Gasteiger partial charge in [0.15, 0.2) is 0 Å². The summed E-state index contributed by atoms with van der Waals surface area (Å²) in [6, 6.07) is 10.3. The van der Waals surface area contributed by atoms with Crippen LogP contribution < -0.4 is 5.32 Å². The van der Waals surface area contributed by atoms with Crippen LogP contribution in [-0.4, -0.2) is 30.1 Å². The number of rotatable bonds is 2. The summed E-state index contributed by atoms with van der Waals surface area (Å²) in [6.45, 7) is 9.07. The first-order valence-corrected chi connectivity index (χ1v) is 7.11. The van der Waals surface area contributed by atoms with E-state index >= 15 is 0 Å². The van der Waals surface area contributed by atoms with Crippen LogP contribution in [0.2, 0.25) is 0 Å². The van der Waals surface area contributed by atoms with Crippen LogP contribution in [0.25, 0.3) is 0 Å². The molecule has 1 aliphatic rings. The molecule has 2 nitrogen and oxygen atoms in total. The summed E-state index contributed by atoms with van der Waals surface area (Å²) >= 11 is 3.49. The Kier molecular flexibility index (Phi) is 4.23. The molecule has 1 N–H and O–H groups in total. The minimum absolute atomic E-state index is 0.495. The molecule has 1 fully saturated rings. The predicted molar refractivity (Wildman–Crippen MR) is 76.2 cm³/mol. The Labute approximate surface area is 113 Å². The Bertz CT molecular complexity index is 353. The Morgan fingerprint density at radius 2 is 1.71 bits per heavy atom. The lowest BCUT2D eigenvalue weighted by Gasteiger charge is -2.39. The highest BCUT2D eigenvalue weighted by molar-refractivity contribution is 9.10. The first-order chi connectivity index (χ1) is 8.06. The van der Waals surface area contributed by atoms with E-state index in [1.807, 2.05) is 0 Å². The van der Waals surface area contributed by atoms with E-state index in [0.717, 1.165) is 17.6 Å². The minimum atomic E-state index is 0.495. The van der Waals surface area contributed by atoms with Crippen molar-refractivity contribution in [3.8, 4) is 0 Å². The number of benzene rings is 1. The lowest BCUT2D eigenvalue weighted by Crippen LogP contribution is -2.54. The number of piperazine rings is 1. The molecular weight excluding hydrogens is 276 g/mol. The summed E-state index contributed by atoms with van der Waals surface area (Å²) < 4.78 is 1.15. The van der Waals surface area contributed by atoms with Gasteiger partial charge in [0.2, 0.25) is 0 Å².